The highest BCUT2D eigenvalue weighted by Crippen LogP contribution is 2.31. The van der Waals surface area contributed by atoms with Gasteiger partial charge in [0.2, 0.25) is 5.91 Å². The van der Waals surface area contributed by atoms with Gasteiger partial charge in [0, 0.05) is 44.2 Å². The Labute approximate surface area is 226 Å². The lowest BCUT2D eigenvalue weighted by Gasteiger charge is -2.33. The maximum absolute atomic E-state index is 13.7. The molecule has 38 heavy (non-hydrogen) atoms. The zero-order valence-corrected chi connectivity index (χ0v) is 22.5. The van der Waals surface area contributed by atoms with E-state index in [-0.39, 0.29) is 11.8 Å². The molecule has 0 atom stereocenters. The van der Waals surface area contributed by atoms with Gasteiger partial charge in [-0.2, -0.15) is 0 Å². The average molecular weight is 514 g/mol. The number of anilines is 2. The third-order valence-corrected chi connectivity index (χ3v) is 7.12. The number of carbonyl (C=O) groups excluding carboxylic acids is 2. The monoisotopic (exact) mass is 513 g/mol. The molecule has 3 aromatic rings. The van der Waals surface area contributed by atoms with Gasteiger partial charge in [-0.05, 0) is 61.4 Å². The summed E-state index contributed by atoms with van der Waals surface area (Å²) in [5.41, 5.74) is 3.95. The number of amides is 2. The van der Waals surface area contributed by atoms with Crippen molar-refractivity contribution in [1.82, 2.24) is 5.32 Å². The molecule has 0 radical (unpaired) electrons. The van der Waals surface area contributed by atoms with Gasteiger partial charge in [-0.25, -0.2) is 0 Å². The Hall–Kier alpha value is -3.64. The van der Waals surface area contributed by atoms with Crippen LogP contribution in [0.1, 0.15) is 60.5 Å². The lowest BCUT2D eigenvalue weighted by molar-refractivity contribution is -0.116. The van der Waals surface area contributed by atoms with Crippen molar-refractivity contribution in [2.45, 2.75) is 39.0 Å². The van der Waals surface area contributed by atoms with Crippen LogP contribution < -0.4 is 15.5 Å². The van der Waals surface area contributed by atoms with E-state index in [0.717, 1.165) is 49.2 Å². The molecular weight excluding hydrogens is 474 g/mol. The largest absolute Gasteiger partial charge is 0.382 e. The lowest BCUT2D eigenvalue weighted by atomic mass is 9.90. The Kier molecular flexibility index (Phi) is 9.93. The van der Waals surface area contributed by atoms with Crippen LogP contribution in [-0.4, -0.2) is 44.7 Å². The molecule has 200 valence electrons. The first kappa shape index (κ1) is 27.4. The zero-order chi connectivity index (χ0) is 26.7. The molecule has 6 heteroatoms. The zero-order valence-electron chi connectivity index (χ0n) is 22.5. The second kappa shape index (κ2) is 13.8. The van der Waals surface area contributed by atoms with Crippen LogP contribution in [0, 0.1) is 5.92 Å². The number of nitrogens with one attached hydrogen (secondary N) is 2. The minimum Gasteiger partial charge on any atom is -0.382 e. The first-order valence-corrected chi connectivity index (χ1v) is 13.7. The number of hydrogen-bond acceptors (Lipinski definition) is 4. The van der Waals surface area contributed by atoms with Gasteiger partial charge in [0.1, 0.15) is 0 Å². The van der Waals surface area contributed by atoms with Crippen molar-refractivity contribution >= 4 is 23.2 Å². The molecule has 2 amide bonds. The van der Waals surface area contributed by atoms with E-state index in [1.807, 2.05) is 85.8 Å². The Morgan fingerprint density at radius 2 is 1.58 bits per heavy atom. The minimum atomic E-state index is -0.462. The van der Waals surface area contributed by atoms with E-state index in [9.17, 15) is 9.59 Å². The van der Waals surface area contributed by atoms with Crippen LogP contribution in [0.3, 0.4) is 0 Å². The average Bonchev–Trinajstić information content (AvgIpc) is 2.94. The van der Waals surface area contributed by atoms with E-state index in [1.54, 1.807) is 0 Å². The molecule has 6 nitrogen and oxygen atoms in total. The minimum absolute atomic E-state index is 0.131. The Balaban J connectivity index is 1.58. The molecule has 0 bridgehead atoms. The summed E-state index contributed by atoms with van der Waals surface area (Å²) in [5.74, 6) is -0.0380. The Bertz CT molecular complexity index is 1140. The molecule has 1 saturated heterocycles. The maximum atomic E-state index is 13.7. The molecular formula is C32H39N3O3. The summed E-state index contributed by atoms with van der Waals surface area (Å²) in [6.45, 7) is 7.89. The molecule has 3 aromatic carbocycles. The molecule has 0 aliphatic carbocycles. The number of carbonyl (C=O) groups is 2. The normalized spacial score (nSPS) is 13.9. The molecule has 1 fully saturated rings. The molecule has 1 heterocycles. The number of rotatable bonds is 11. The molecule has 2 N–H and O–H groups in total. The first-order chi connectivity index (χ1) is 18.6. The van der Waals surface area contributed by atoms with Crippen LogP contribution in [-0.2, 0) is 9.53 Å². The van der Waals surface area contributed by atoms with E-state index in [2.05, 4.69) is 22.5 Å². The topological polar surface area (TPSA) is 70.7 Å². The van der Waals surface area contributed by atoms with Crippen LogP contribution in [0.15, 0.2) is 78.9 Å². The summed E-state index contributed by atoms with van der Waals surface area (Å²) in [4.78, 5) is 29.3. The second-order valence-corrected chi connectivity index (χ2v) is 9.95. The number of benzene rings is 3. The lowest BCUT2D eigenvalue weighted by Crippen LogP contribution is -2.35. The van der Waals surface area contributed by atoms with Crippen molar-refractivity contribution in [1.29, 1.82) is 0 Å². The fourth-order valence-corrected chi connectivity index (χ4v) is 4.94. The molecule has 0 aromatic heterocycles. The first-order valence-electron chi connectivity index (χ1n) is 13.7. The molecule has 0 saturated carbocycles. The van der Waals surface area contributed by atoms with Crippen LogP contribution in [0.2, 0.25) is 0 Å². The summed E-state index contributed by atoms with van der Waals surface area (Å²) >= 11 is 0. The van der Waals surface area contributed by atoms with Gasteiger partial charge in [0.05, 0.1) is 11.5 Å². The van der Waals surface area contributed by atoms with Crippen LogP contribution in [0.25, 0.3) is 0 Å². The van der Waals surface area contributed by atoms with Gasteiger partial charge < -0.3 is 20.3 Å². The predicted octanol–water partition coefficient (Wildman–Crippen LogP) is 5.85. The van der Waals surface area contributed by atoms with Crippen LogP contribution in [0.5, 0.6) is 0 Å². The highest BCUT2D eigenvalue weighted by atomic mass is 16.5. The van der Waals surface area contributed by atoms with E-state index < -0.39 is 5.92 Å². The molecule has 0 spiro atoms. The number of piperidine rings is 1. The van der Waals surface area contributed by atoms with Gasteiger partial charge in [0.25, 0.3) is 5.91 Å². The number of hydrogen-bond donors (Lipinski definition) is 2. The van der Waals surface area contributed by atoms with Gasteiger partial charge in [0.15, 0.2) is 0 Å². The highest BCUT2D eigenvalue weighted by Gasteiger charge is 2.25. The van der Waals surface area contributed by atoms with Crippen molar-refractivity contribution < 1.29 is 14.3 Å². The van der Waals surface area contributed by atoms with Gasteiger partial charge in [-0.1, -0.05) is 67.6 Å². The Morgan fingerprint density at radius 3 is 2.18 bits per heavy atom. The van der Waals surface area contributed by atoms with Crippen molar-refractivity contribution in [2.24, 2.45) is 5.92 Å². The van der Waals surface area contributed by atoms with Crippen molar-refractivity contribution in [3.63, 3.8) is 0 Å². The van der Waals surface area contributed by atoms with Crippen LogP contribution >= 0.6 is 0 Å². The maximum Gasteiger partial charge on any atom is 0.253 e. The molecule has 4 rings (SSSR count). The predicted molar refractivity (Wildman–Crippen MR) is 154 cm³/mol. The van der Waals surface area contributed by atoms with Crippen LogP contribution in [0.4, 0.5) is 11.4 Å². The smallest absolute Gasteiger partial charge is 0.253 e. The van der Waals surface area contributed by atoms with Gasteiger partial charge >= 0.3 is 0 Å². The molecule has 1 aliphatic heterocycles. The highest BCUT2D eigenvalue weighted by molar-refractivity contribution is 6.03. The van der Waals surface area contributed by atoms with Crippen molar-refractivity contribution in [3.05, 3.63) is 95.6 Å². The van der Waals surface area contributed by atoms with Gasteiger partial charge in [-0.15, -0.1) is 0 Å². The van der Waals surface area contributed by atoms with Crippen molar-refractivity contribution in [2.75, 3.05) is 43.1 Å². The summed E-state index contributed by atoms with van der Waals surface area (Å²) in [6, 6.07) is 25.3. The third kappa shape index (κ3) is 7.23. The van der Waals surface area contributed by atoms with E-state index >= 15 is 0 Å². The number of nitrogens with zero attached hydrogens (tertiary/aromatic N) is 1. The second-order valence-electron chi connectivity index (χ2n) is 9.95. The van der Waals surface area contributed by atoms with Crippen molar-refractivity contribution in [3.8, 4) is 0 Å². The molecule has 0 unspecified atom stereocenters. The summed E-state index contributed by atoms with van der Waals surface area (Å²) in [7, 11) is 0. The summed E-state index contributed by atoms with van der Waals surface area (Å²) < 4.78 is 5.40. The number of ether oxygens (including phenoxy) is 1. The fourth-order valence-electron chi connectivity index (χ4n) is 4.94. The van der Waals surface area contributed by atoms with Gasteiger partial charge in [-0.3, -0.25) is 9.59 Å². The summed E-state index contributed by atoms with van der Waals surface area (Å²) in [5, 5.41) is 6.14. The third-order valence-electron chi connectivity index (χ3n) is 7.12. The quantitative estimate of drug-likeness (QED) is 0.316. The SMILES string of the molecule is CCOCCCNC(=O)c1cc(NC(=O)C(c2ccccc2)c2ccccc2)ccc1N1CCC(C)CC1. The van der Waals surface area contributed by atoms with E-state index in [0.29, 0.717) is 36.9 Å². The van der Waals surface area contributed by atoms with E-state index in [4.69, 9.17) is 4.74 Å². The van der Waals surface area contributed by atoms with E-state index in [1.165, 1.54) is 0 Å². The fraction of sp³-hybridized carbons (Fsp3) is 0.375. The summed E-state index contributed by atoms with van der Waals surface area (Å²) in [6.07, 6.45) is 2.95. The molecule has 1 aliphatic rings. The standard InChI is InChI=1S/C32H39N3O3/c1-3-38-22-10-19-33-31(36)28-23-27(15-16-29(28)35-20-17-24(2)18-21-35)34-32(37)30(25-11-6-4-7-12-25)26-13-8-5-9-14-26/h4-9,11-16,23-24,30H,3,10,17-22H2,1-2H3,(H,33,36)(H,34,37). The Morgan fingerprint density at radius 1 is 0.947 bits per heavy atom.